The molecule has 0 aromatic carbocycles. The molecule has 1 saturated heterocycles. The van der Waals surface area contributed by atoms with Crippen LogP contribution in [0.25, 0.3) is 0 Å². The van der Waals surface area contributed by atoms with E-state index in [1.165, 1.54) is 19.3 Å². The summed E-state index contributed by atoms with van der Waals surface area (Å²) in [6.45, 7) is 8.74. The standard InChI is InChI=1S/C19H35N3O3.C2H4O2/c1-19(2,3)25-18(24)22-11-9-14(10-12-22)13-21-17(23)16(20)15-7-5-4-6-8-15;1-2(3)4/h14-16H,4-13,20H2,1-3H3,(H,21,23);1H3,(H,3,4)/t16-;/m0./s1. The summed E-state index contributed by atoms with van der Waals surface area (Å²) < 4.78 is 5.41. The van der Waals surface area contributed by atoms with E-state index in [4.69, 9.17) is 20.4 Å². The molecule has 4 N–H and O–H groups in total. The lowest BCUT2D eigenvalue weighted by Crippen LogP contribution is -2.48. The third kappa shape index (κ3) is 10.5. The lowest BCUT2D eigenvalue weighted by molar-refractivity contribution is -0.134. The van der Waals surface area contributed by atoms with Crippen molar-refractivity contribution in [2.24, 2.45) is 17.6 Å². The average molecular weight is 414 g/mol. The van der Waals surface area contributed by atoms with Crippen LogP contribution in [-0.2, 0) is 14.3 Å². The van der Waals surface area contributed by atoms with Gasteiger partial charge in [0.05, 0.1) is 6.04 Å². The zero-order valence-corrected chi connectivity index (χ0v) is 18.4. The van der Waals surface area contributed by atoms with Crippen molar-refractivity contribution in [2.75, 3.05) is 19.6 Å². The van der Waals surface area contributed by atoms with Crippen molar-refractivity contribution < 1.29 is 24.2 Å². The van der Waals surface area contributed by atoms with E-state index >= 15 is 0 Å². The second-order valence-electron chi connectivity index (χ2n) is 9.10. The molecule has 0 unspecified atom stereocenters. The lowest BCUT2D eigenvalue weighted by atomic mass is 9.84. The van der Waals surface area contributed by atoms with Gasteiger partial charge >= 0.3 is 6.09 Å². The van der Waals surface area contributed by atoms with E-state index < -0.39 is 11.6 Å². The maximum absolute atomic E-state index is 12.3. The highest BCUT2D eigenvalue weighted by atomic mass is 16.6. The average Bonchev–Trinajstić information content (AvgIpc) is 2.65. The van der Waals surface area contributed by atoms with Crippen molar-refractivity contribution in [3.8, 4) is 0 Å². The summed E-state index contributed by atoms with van der Waals surface area (Å²) >= 11 is 0. The zero-order chi connectivity index (χ0) is 22.0. The Morgan fingerprint density at radius 2 is 1.62 bits per heavy atom. The van der Waals surface area contributed by atoms with Crippen molar-refractivity contribution in [1.82, 2.24) is 10.2 Å². The molecule has 168 valence electrons. The van der Waals surface area contributed by atoms with E-state index in [9.17, 15) is 9.59 Å². The fourth-order valence-corrected chi connectivity index (χ4v) is 3.72. The number of piperidine rings is 1. The van der Waals surface area contributed by atoms with E-state index in [1.54, 1.807) is 4.90 Å². The van der Waals surface area contributed by atoms with Crippen LogP contribution in [0.3, 0.4) is 0 Å². The van der Waals surface area contributed by atoms with Crippen LogP contribution in [0.1, 0.15) is 72.6 Å². The van der Waals surface area contributed by atoms with Crippen molar-refractivity contribution in [1.29, 1.82) is 0 Å². The number of carbonyl (C=O) groups excluding carboxylic acids is 2. The van der Waals surface area contributed by atoms with E-state index in [0.29, 0.717) is 31.5 Å². The minimum Gasteiger partial charge on any atom is -0.481 e. The van der Waals surface area contributed by atoms with Crippen molar-refractivity contribution in [3.05, 3.63) is 0 Å². The van der Waals surface area contributed by atoms with Gasteiger partial charge in [-0.25, -0.2) is 4.79 Å². The molecule has 29 heavy (non-hydrogen) atoms. The van der Waals surface area contributed by atoms with E-state index in [1.807, 2.05) is 20.8 Å². The summed E-state index contributed by atoms with van der Waals surface area (Å²) in [4.78, 5) is 35.1. The van der Waals surface area contributed by atoms with Crippen LogP contribution in [0.15, 0.2) is 0 Å². The van der Waals surface area contributed by atoms with Gasteiger partial charge in [-0.15, -0.1) is 0 Å². The smallest absolute Gasteiger partial charge is 0.410 e. The summed E-state index contributed by atoms with van der Waals surface area (Å²) in [5, 5.41) is 10.4. The minimum atomic E-state index is -0.833. The summed E-state index contributed by atoms with van der Waals surface area (Å²) in [7, 11) is 0. The van der Waals surface area contributed by atoms with Crippen LogP contribution < -0.4 is 11.1 Å². The number of nitrogens with zero attached hydrogens (tertiary/aromatic N) is 1. The van der Waals surface area contributed by atoms with Crippen LogP contribution in [0.5, 0.6) is 0 Å². The monoisotopic (exact) mass is 413 g/mol. The van der Waals surface area contributed by atoms with Crippen LogP contribution in [-0.4, -0.2) is 59.3 Å². The summed E-state index contributed by atoms with van der Waals surface area (Å²) in [5.41, 5.74) is 5.69. The molecule has 2 fully saturated rings. The third-order valence-corrected chi connectivity index (χ3v) is 5.29. The SMILES string of the molecule is CC(=O)O.CC(C)(C)OC(=O)N1CCC(CNC(=O)[C@@H](N)C2CCCCC2)CC1. The molecule has 0 bridgehead atoms. The first kappa shape index (κ1) is 25.2. The van der Waals surface area contributed by atoms with Gasteiger partial charge in [-0.3, -0.25) is 9.59 Å². The maximum Gasteiger partial charge on any atom is 0.410 e. The number of ether oxygens (including phenoxy) is 1. The number of carboxylic acids is 1. The molecule has 1 heterocycles. The van der Waals surface area contributed by atoms with Gasteiger partial charge in [-0.2, -0.15) is 0 Å². The quantitative estimate of drug-likeness (QED) is 0.651. The molecule has 1 saturated carbocycles. The molecule has 0 aromatic heterocycles. The molecule has 1 atom stereocenters. The Kier molecular flexibility index (Phi) is 10.4. The van der Waals surface area contributed by atoms with Crippen LogP contribution in [0.2, 0.25) is 0 Å². The molecule has 2 amide bonds. The van der Waals surface area contributed by atoms with E-state index in [-0.39, 0.29) is 18.0 Å². The first-order valence-corrected chi connectivity index (χ1v) is 10.7. The molecule has 2 aliphatic rings. The number of hydrogen-bond acceptors (Lipinski definition) is 5. The summed E-state index contributed by atoms with van der Waals surface area (Å²) in [5.74, 6) is -0.106. The number of carbonyl (C=O) groups is 3. The normalized spacial score (nSPS) is 19.6. The molecule has 1 aliphatic carbocycles. The second-order valence-corrected chi connectivity index (χ2v) is 9.10. The maximum atomic E-state index is 12.3. The number of carboxylic acid groups (broad SMARTS) is 1. The predicted molar refractivity (Wildman–Crippen MR) is 111 cm³/mol. The number of amides is 2. The number of nitrogens with two attached hydrogens (primary N) is 1. The van der Waals surface area contributed by atoms with Gasteiger partial charge in [-0.05, 0) is 58.3 Å². The highest BCUT2D eigenvalue weighted by molar-refractivity contribution is 5.81. The van der Waals surface area contributed by atoms with Crippen molar-refractivity contribution in [3.63, 3.8) is 0 Å². The van der Waals surface area contributed by atoms with Gasteiger partial charge in [0.25, 0.3) is 5.97 Å². The Bertz CT molecular complexity index is 529. The van der Waals surface area contributed by atoms with Crippen molar-refractivity contribution in [2.45, 2.75) is 84.3 Å². The van der Waals surface area contributed by atoms with Crippen LogP contribution in [0.4, 0.5) is 4.79 Å². The number of likely N-dealkylation sites (tertiary alicyclic amines) is 1. The fourth-order valence-electron chi connectivity index (χ4n) is 3.72. The van der Waals surface area contributed by atoms with Gasteiger partial charge in [0.2, 0.25) is 5.91 Å². The molecule has 8 heteroatoms. The molecular formula is C21H39N3O5. The molecule has 8 nitrogen and oxygen atoms in total. The zero-order valence-electron chi connectivity index (χ0n) is 18.4. The Hall–Kier alpha value is -1.83. The second kappa shape index (κ2) is 12.0. The van der Waals surface area contributed by atoms with Gasteiger partial charge in [0.15, 0.2) is 0 Å². The molecular weight excluding hydrogens is 374 g/mol. The lowest BCUT2D eigenvalue weighted by Gasteiger charge is -2.34. The number of nitrogens with one attached hydrogen (secondary N) is 1. The highest BCUT2D eigenvalue weighted by Crippen LogP contribution is 2.26. The number of rotatable bonds is 4. The summed E-state index contributed by atoms with van der Waals surface area (Å²) in [6.07, 6.45) is 7.32. The fraction of sp³-hybridized carbons (Fsp3) is 0.857. The molecule has 1 aliphatic heterocycles. The molecule has 0 spiro atoms. The first-order valence-electron chi connectivity index (χ1n) is 10.7. The van der Waals surface area contributed by atoms with Gasteiger partial charge in [0.1, 0.15) is 5.60 Å². The Labute approximate surface area is 174 Å². The first-order chi connectivity index (χ1) is 13.5. The largest absolute Gasteiger partial charge is 0.481 e. The topological polar surface area (TPSA) is 122 Å². The van der Waals surface area contributed by atoms with Crippen LogP contribution in [0, 0.1) is 11.8 Å². The van der Waals surface area contributed by atoms with Gasteiger partial charge in [0, 0.05) is 26.6 Å². The highest BCUT2D eigenvalue weighted by Gasteiger charge is 2.29. The Morgan fingerprint density at radius 1 is 1.10 bits per heavy atom. The predicted octanol–water partition coefficient (Wildman–Crippen LogP) is 2.75. The molecule has 2 rings (SSSR count). The number of aliphatic carboxylic acids is 1. The molecule has 0 aromatic rings. The number of hydrogen-bond donors (Lipinski definition) is 3. The third-order valence-electron chi connectivity index (χ3n) is 5.29. The minimum absolute atomic E-state index is 0.0125. The molecule has 0 radical (unpaired) electrons. The Morgan fingerprint density at radius 3 is 2.10 bits per heavy atom. The van der Waals surface area contributed by atoms with Gasteiger partial charge < -0.3 is 25.8 Å². The van der Waals surface area contributed by atoms with E-state index in [2.05, 4.69) is 5.32 Å². The van der Waals surface area contributed by atoms with Crippen molar-refractivity contribution >= 4 is 18.0 Å². The van der Waals surface area contributed by atoms with Crippen LogP contribution >= 0.6 is 0 Å². The summed E-state index contributed by atoms with van der Waals surface area (Å²) in [6, 6.07) is -0.373. The van der Waals surface area contributed by atoms with Gasteiger partial charge in [-0.1, -0.05) is 19.3 Å². The van der Waals surface area contributed by atoms with E-state index in [0.717, 1.165) is 32.6 Å². The Balaban J connectivity index is 0.000000960.